The standard InChI is InChI=1S/C18H16Cl2FN3OS.ClH/c1-23(2)8-9-24(17(25)12-7-6-11(19)10-13(12)20)18-22-16-14(21)4-3-5-15(16)26-18;/h3-7,10H,8-9H2,1-2H3;1H. The molecule has 27 heavy (non-hydrogen) atoms. The van der Waals surface area contributed by atoms with E-state index >= 15 is 0 Å². The van der Waals surface area contributed by atoms with Crippen LogP contribution in [0.5, 0.6) is 0 Å². The summed E-state index contributed by atoms with van der Waals surface area (Å²) in [6, 6.07) is 9.49. The Morgan fingerprint density at radius 3 is 2.56 bits per heavy atom. The van der Waals surface area contributed by atoms with E-state index in [1.54, 1.807) is 24.3 Å². The molecule has 0 spiro atoms. The summed E-state index contributed by atoms with van der Waals surface area (Å²) in [5.74, 6) is -0.706. The molecule has 0 N–H and O–H groups in total. The van der Waals surface area contributed by atoms with Crippen LogP contribution in [-0.2, 0) is 0 Å². The number of aromatic nitrogens is 1. The third-order valence-electron chi connectivity index (χ3n) is 3.77. The summed E-state index contributed by atoms with van der Waals surface area (Å²) in [6.07, 6.45) is 0. The van der Waals surface area contributed by atoms with Gasteiger partial charge in [-0.1, -0.05) is 40.6 Å². The summed E-state index contributed by atoms with van der Waals surface area (Å²) >= 11 is 13.4. The number of amides is 1. The van der Waals surface area contributed by atoms with Crippen LogP contribution >= 0.6 is 46.9 Å². The smallest absolute Gasteiger partial charge is 0.261 e. The van der Waals surface area contributed by atoms with Gasteiger partial charge >= 0.3 is 0 Å². The fourth-order valence-corrected chi connectivity index (χ4v) is 3.90. The largest absolute Gasteiger partial charge is 0.308 e. The second kappa shape index (κ2) is 9.17. The van der Waals surface area contributed by atoms with Crippen molar-refractivity contribution < 1.29 is 9.18 Å². The molecule has 3 aromatic rings. The highest BCUT2D eigenvalue weighted by Gasteiger charge is 2.24. The van der Waals surface area contributed by atoms with Crippen LogP contribution in [0.25, 0.3) is 10.2 Å². The number of thiazole rings is 1. The van der Waals surface area contributed by atoms with Gasteiger partial charge in [-0.15, -0.1) is 12.4 Å². The lowest BCUT2D eigenvalue weighted by atomic mass is 10.2. The van der Waals surface area contributed by atoms with E-state index in [1.165, 1.54) is 28.4 Å². The van der Waals surface area contributed by atoms with Gasteiger partial charge in [-0.2, -0.15) is 0 Å². The Morgan fingerprint density at radius 2 is 1.93 bits per heavy atom. The Balaban J connectivity index is 0.00000261. The lowest BCUT2D eigenvalue weighted by Crippen LogP contribution is -2.36. The Morgan fingerprint density at radius 1 is 1.19 bits per heavy atom. The van der Waals surface area contributed by atoms with E-state index in [-0.39, 0.29) is 28.9 Å². The van der Waals surface area contributed by atoms with E-state index in [1.807, 2.05) is 19.0 Å². The molecular weight excluding hydrogens is 432 g/mol. The maximum Gasteiger partial charge on any atom is 0.261 e. The predicted molar refractivity (Wildman–Crippen MR) is 114 cm³/mol. The van der Waals surface area contributed by atoms with E-state index in [2.05, 4.69) is 4.98 Å². The van der Waals surface area contributed by atoms with Crippen LogP contribution < -0.4 is 4.90 Å². The molecule has 1 aromatic heterocycles. The first-order valence-corrected chi connectivity index (χ1v) is 9.41. The molecule has 0 saturated heterocycles. The van der Waals surface area contributed by atoms with Crippen LogP contribution in [0.4, 0.5) is 9.52 Å². The van der Waals surface area contributed by atoms with Crippen molar-refractivity contribution in [1.29, 1.82) is 0 Å². The van der Waals surface area contributed by atoms with E-state index in [4.69, 9.17) is 23.2 Å². The fourth-order valence-electron chi connectivity index (χ4n) is 2.41. The second-order valence-electron chi connectivity index (χ2n) is 5.97. The van der Waals surface area contributed by atoms with Gasteiger partial charge in [0.25, 0.3) is 5.91 Å². The fraction of sp³-hybridized carbons (Fsp3) is 0.222. The summed E-state index contributed by atoms with van der Waals surface area (Å²) < 4.78 is 14.7. The normalized spacial score (nSPS) is 10.9. The molecule has 0 fully saturated rings. The van der Waals surface area contributed by atoms with Crippen molar-refractivity contribution in [1.82, 2.24) is 9.88 Å². The maximum atomic E-state index is 14.0. The summed E-state index contributed by atoms with van der Waals surface area (Å²) in [4.78, 5) is 20.9. The zero-order valence-corrected chi connectivity index (χ0v) is 17.7. The Hall–Kier alpha value is -1.44. The predicted octanol–water partition coefficient (Wildman–Crippen LogP) is 5.37. The Bertz CT molecular complexity index is 964. The molecule has 2 aromatic carbocycles. The number of nitrogens with zero attached hydrogens (tertiary/aromatic N) is 3. The van der Waals surface area contributed by atoms with Gasteiger partial charge < -0.3 is 4.90 Å². The molecule has 4 nitrogen and oxygen atoms in total. The summed E-state index contributed by atoms with van der Waals surface area (Å²) in [5.41, 5.74) is 0.590. The average Bonchev–Trinajstić information content (AvgIpc) is 3.00. The van der Waals surface area contributed by atoms with Crippen LogP contribution in [0, 0.1) is 5.82 Å². The molecule has 0 aliphatic carbocycles. The topological polar surface area (TPSA) is 36.4 Å². The highest BCUT2D eigenvalue weighted by Crippen LogP contribution is 2.32. The van der Waals surface area contributed by atoms with Gasteiger partial charge in [0.2, 0.25) is 0 Å². The van der Waals surface area contributed by atoms with Gasteiger partial charge in [0.1, 0.15) is 11.3 Å². The number of likely N-dealkylation sites (N-methyl/N-ethyl adjacent to an activating group) is 1. The summed E-state index contributed by atoms with van der Waals surface area (Å²) in [5, 5.41) is 1.15. The molecule has 0 aliphatic heterocycles. The van der Waals surface area contributed by atoms with E-state index < -0.39 is 5.82 Å². The van der Waals surface area contributed by atoms with Crippen molar-refractivity contribution in [3.8, 4) is 0 Å². The summed E-state index contributed by atoms with van der Waals surface area (Å²) in [7, 11) is 3.83. The van der Waals surface area contributed by atoms with Gasteiger partial charge in [0, 0.05) is 18.1 Å². The van der Waals surface area contributed by atoms with Gasteiger partial charge in [-0.3, -0.25) is 9.69 Å². The number of anilines is 1. The maximum absolute atomic E-state index is 14.0. The number of rotatable bonds is 5. The molecular formula is C18H17Cl3FN3OS. The summed E-state index contributed by atoms with van der Waals surface area (Å²) in [6.45, 7) is 1.02. The lowest BCUT2D eigenvalue weighted by molar-refractivity contribution is 0.0985. The molecule has 144 valence electrons. The van der Waals surface area contributed by atoms with Crippen molar-refractivity contribution in [2.24, 2.45) is 0 Å². The first kappa shape index (κ1) is 21.9. The zero-order chi connectivity index (χ0) is 18.8. The molecule has 3 rings (SSSR count). The molecule has 0 saturated carbocycles. The van der Waals surface area contributed by atoms with Crippen molar-refractivity contribution in [3.63, 3.8) is 0 Å². The lowest BCUT2D eigenvalue weighted by Gasteiger charge is -2.22. The number of hydrogen-bond donors (Lipinski definition) is 0. The Labute approximate surface area is 176 Å². The number of para-hydroxylation sites is 1. The highest BCUT2D eigenvalue weighted by atomic mass is 35.5. The van der Waals surface area contributed by atoms with Gasteiger partial charge in [0.05, 0.1) is 15.3 Å². The Kier molecular flexibility index (Phi) is 7.42. The minimum Gasteiger partial charge on any atom is -0.308 e. The van der Waals surface area contributed by atoms with Crippen molar-refractivity contribution in [2.75, 3.05) is 32.1 Å². The van der Waals surface area contributed by atoms with Crippen LogP contribution in [0.3, 0.4) is 0 Å². The van der Waals surface area contributed by atoms with Gasteiger partial charge in [-0.05, 0) is 44.4 Å². The average molecular weight is 449 g/mol. The minimum atomic E-state index is -0.408. The van der Waals surface area contributed by atoms with Crippen molar-refractivity contribution in [3.05, 3.63) is 57.8 Å². The zero-order valence-electron chi connectivity index (χ0n) is 14.6. The SMILES string of the molecule is CN(C)CCN(C(=O)c1ccc(Cl)cc1Cl)c1nc2c(F)cccc2s1.Cl. The van der Waals surface area contributed by atoms with Crippen LogP contribution in [0.2, 0.25) is 10.0 Å². The van der Waals surface area contributed by atoms with Crippen LogP contribution in [0.1, 0.15) is 10.4 Å². The first-order chi connectivity index (χ1) is 12.4. The molecule has 0 bridgehead atoms. The minimum absolute atomic E-state index is 0. The third-order valence-corrected chi connectivity index (χ3v) is 5.36. The number of carbonyl (C=O) groups is 1. The van der Waals surface area contributed by atoms with Crippen LogP contribution in [-0.4, -0.2) is 43.0 Å². The first-order valence-electron chi connectivity index (χ1n) is 7.83. The number of carbonyl (C=O) groups excluding carboxylic acids is 1. The van der Waals surface area contributed by atoms with E-state index in [9.17, 15) is 9.18 Å². The molecule has 1 amide bonds. The number of halogens is 4. The molecule has 9 heteroatoms. The van der Waals surface area contributed by atoms with Crippen LogP contribution in [0.15, 0.2) is 36.4 Å². The van der Waals surface area contributed by atoms with Gasteiger partial charge in [0.15, 0.2) is 5.13 Å². The second-order valence-corrected chi connectivity index (χ2v) is 7.82. The molecule has 0 aliphatic rings. The molecule has 1 heterocycles. The third kappa shape index (κ3) is 4.89. The van der Waals surface area contributed by atoms with Crippen molar-refractivity contribution in [2.45, 2.75) is 0 Å². The van der Waals surface area contributed by atoms with Gasteiger partial charge in [-0.25, -0.2) is 9.37 Å². The number of hydrogen-bond acceptors (Lipinski definition) is 4. The molecule has 0 atom stereocenters. The number of benzene rings is 2. The van der Waals surface area contributed by atoms with E-state index in [0.29, 0.717) is 33.5 Å². The highest BCUT2D eigenvalue weighted by molar-refractivity contribution is 7.22. The molecule has 0 unspecified atom stereocenters. The van der Waals surface area contributed by atoms with Crippen molar-refractivity contribution >= 4 is 68.2 Å². The monoisotopic (exact) mass is 447 g/mol. The quantitative estimate of drug-likeness (QED) is 0.526. The molecule has 0 radical (unpaired) electrons. The number of fused-ring (bicyclic) bond motifs is 1. The van der Waals surface area contributed by atoms with E-state index in [0.717, 1.165) is 0 Å².